The molecule has 0 spiro atoms. The van der Waals surface area contributed by atoms with E-state index in [4.69, 9.17) is 0 Å². The number of alkyl halides is 3. The highest BCUT2D eigenvalue weighted by atomic mass is 19.4. The van der Waals surface area contributed by atoms with Crippen molar-refractivity contribution in [3.63, 3.8) is 0 Å². The van der Waals surface area contributed by atoms with E-state index in [1.165, 1.54) is 11.1 Å². The van der Waals surface area contributed by atoms with Crippen LogP contribution in [0, 0.1) is 0 Å². The quantitative estimate of drug-likeness (QED) is 0.627. The molecular weight excluding hydrogens is 411 g/mol. The van der Waals surface area contributed by atoms with Gasteiger partial charge in [0.2, 0.25) is 5.95 Å². The highest BCUT2D eigenvalue weighted by Crippen LogP contribution is 2.34. The summed E-state index contributed by atoms with van der Waals surface area (Å²) in [5.41, 5.74) is 1.44. The third-order valence-electron chi connectivity index (χ3n) is 5.34. The average Bonchev–Trinajstić information content (AvgIpc) is 3.11. The van der Waals surface area contributed by atoms with Crippen molar-refractivity contribution in [2.24, 2.45) is 0 Å². The zero-order valence-corrected chi connectivity index (χ0v) is 17.3. The summed E-state index contributed by atoms with van der Waals surface area (Å²) >= 11 is 0. The predicted molar refractivity (Wildman–Crippen MR) is 110 cm³/mol. The molecule has 0 aliphatic carbocycles. The Morgan fingerprint density at radius 1 is 1.19 bits per heavy atom. The normalized spacial score (nSPS) is 17.5. The van der Waals surface area contributed by atoms with Gasteiger partial charge in [-0.3, -0.25) is 0 Å². The van der Waals surface area contributed by atoms with E-state index in [1.807, 2.05) is 18.4 Å². The number of nitrogens with zero attached hydrogens (tertiary/aromatic N) is 6. The number of fused-ring (bicyclic) bond motifs is 1. The Balaban J connectivity index is 1.63. The molecule has 1 unspecified atom stereocenters. The van der Waals surface area contributed by atoms with E-state index in [0.717, 1.165) is 5.52 Å². The Labute approximate surface area is 177 Å². The highest BCUT2D eigenvalue weighted by molar-refractivity contribution is 5.79. The zero-order valence-electron chi connectivity index (χ0n) is 17.3. The number of piperidine rings is 1. The lowest BCUT2D eigenvalue weighted by atomic mass is 10.0. The molecule has 11 heteroatoms. The van der Waals surface area contributed by atoms with Crippen molar-refractivity contribution in [1.82, 2.24) is 24.5 Å². The average molecular weight is 435 g/mol. The molecule has 2 N–H and O–H groups in total. The van der Waals surface area contributed by atoms with Crippen LogP contribution >= 0.6 is 0 Å². The van der Waals surface area contributed by atoms with Crippen molar-refractivity contribution >= 4 is 28.6 Å². The molecule has 1 saturated heterocycles. The van der Waals surface area contributed by atoms with Crippen molar-refractivity contribution in [3.05, 3.63) is 30.4 Å². The Morgan fingerprint density at radius 3 is 2.71 bits per heavy atom. The van der Waals surface area contributed by atoms with E-state index in [1.54, 1.807) is 18.3 Å². The number of imidazole rings is 1. The van der Waals surface area contributed by atoms with Gasteiger partial charge in [-0.25, -0.2) is 15.0 Å². The first-order valence-corrected chi connectivity index (χ1v) is 10.2. The number of aliphatic hydroxyl groups is 1. The second-order valence-electron chi connectivity index (χ2n) is 7.82. The fourth-order valence-electron chi connectivity index (χ4n) is 4.00. The van der Waals surface area contributed by atoms with E-state index >= 15 is 0 Å². The number of hydrogen-bond acceptors (Lipinski definition) is 7. The maximum Gasteiger partial charge on any atom is 0.408 e. The summed E-state index contributed by atoms with van der Waals surface area (Å²) in [5.74, 6) is 1.40. The fourth-order valence-corrected chi connectivity index (χ4v) is 4.00. The lowest BCUT2D eigenvalue weighted by Gasteiger charge is -2.36. The number of anilines is 3. The molecule has 0 aromatic carbocycles. The van der Waals surface area contributed by atoms with Crippen LogP contribution in [0.3, 0.4) is 0 Å². The standard InChI is InChI=1S/C20H24F3N7O/c1-12(2)30-14-9-17(25-10-13(14)26-18(30)11-31)27-16-6-7-24-19(28-16)29-8-4-3-5-15(29)20(21,22)23/h6-7,9-10,12,15,31H,3-5,8,11H2,1-2H3,(H,24,25,27,28). The van der Waals surface area contributed by atoms with Crippen LogP contribution in [0.2, 0.25) is 0 Å². The van der Waals surface area contributed by atoms with Crippen LogP contribution in [0.5, 0.6) is 0 Å². The Morgan fingerprint density at radius 2 is 2.00 bits per heavy atom. The maximum absolute atomic E-state index is 13.5. The largest absolute Gasteiger partial charge is 0.408 e. The SMILES string of the molecule is CC(C)n1c(CO)nc2cnc(Nc3ccnc(N4CCCCC4C(F)(F)F)n3)cc21. The molecule has 8 nitrogen and oxygen atoms in total. The molecule has 31 heavy (non-hydrogen) atoms. The molecule has 1 atom stereocenters. The van der Waals surface area contributed by atoms with Crippen LogP contribution in [0.1, 0.15) is 45.0 Å². The summed E-state index contributed by atoms with van der Waals surface area (Å²) in [6.07, 6.45) is -0.0791. The number of halogens is 3. The van der Waals surface area contributed by atoms with Crippen LogP contribution in [-0.4, -0.2) is 48.4 Å². The van der Waals surface area contributed by atoms with Gasteiger partial charge in [0.05, 0.1) is 11.7 Å². The minimum absolute atomic E-state index is 0.0368. The first kappa shape index (κ1) is 21.3. The van der Waals surface area contributed by atoms with Crippen molar-refractivity contribution in [2.45, 2.75) is 58.0 Å². The monoisotopic (exact) mass is 435 g/mol. The molecule has 0 radical (unpaired) electrons. The third-order valence-corrected chi connectivity index (χ3v) is 5.34. The summed E-state index contributed by atoms with van der Waals surface area (Å²) in [4.78, 5) is 18.3. The molecule has 0 amide bonds. The van der Waals surface area contributed by atoms with Crippen LogP contribution < -0.4 is 10.2 Å². The van der Waals surface area contributed by atoms with Crippen LogP contribution in [0.15, 0.2) is 24.5 Å². The summed E-state index contributed by atoms with van der Waals surface area (Å²) in [5, 5.41) is 12.6. The second-order valence-corrected chi connectivity index (χ2v) is 7.82. The Bertz CT molecular complexity index is 1070. The summed E-state index contributed by atoms with van der Waals surface area (Å²) < 4.78 is 42.3. The number of aromatic nitrogens is 5. The van der Waals surface area contributed by atoms with E-state index in [2.05, 4.69) is 25.3 Å². The van der Waals surface area contributed by atoms with Gasteiger partial charge in [0.15, 0.2) is 0 Å². The molecule has 1 aliphatic heterocycles. The molecular formula is C20H24F3N7O. The first-order valence-electron chi connectivity index (χ1n) is 10.2. The second kappa shape index (κ2) is 8.29. The molecule has 4 rings (SSSR count). The van der Waals surface area contributed by atoms with Crippen LogP contribution in [0.25, 0.3) is 11.0 Å². The first-order chi connectivity index (χ1) is 14.8. The number of hydrogen-bond donors (Lipinski definition) is 2. The van der Waals surface area contributed by atoms with Crippen molar-refractivity contribution in [1.29, 1.82) is 0 Å². The summed E-state index contributed by atoms with van der Waals surface area (Å²) in [6.45, 7) is 4.04. The number of pyridine rings is 1. The van der Waals surface area contributed by atoms with E-state index < -0.39 is 12.2 Å². The van der Waals surface area contributed by atoms with Crippen molar-refractivity contribution < 1.29 is 18.3 Å². The topological polar surface area (TPSA) is 92.0 Å². The number of nitrogens with one attached hydrogen (secondary N) is 1. The predicted octanol–water partition coefficient (Wildman–Crippen LogP) is 3.96. The van der Waals surface area contributed by atoms with Crippen LogP contribution in [0.4, 0.5) is 30.8 Å². The minimum atomic E-state index is -4.33. The van der Waals surface area contributed by atoms with Gasteiger partial charge in [-0.2, -0.15) is 18.2 Å². The van der Waals surface area contributed by atoms with Crippen molar-refractivity contribution in [3.8, 4) is 0 Å². The molecule has 4 heterocycles. The maximum atomic E-state index is 13.5. The van der Waals surface area contributed by atoms with Gasteiger partial charge in [-0.15, -0.1) is 0 Å². The molecule has 3 aromatic rings. The molecule has 3 aromatic heterocycles. The lowest BCUT2D eigenvalue weighted by molar-refractivity contribution is -0.152. The fraction of sp³-hybridized carbons (Fsp3) is 0.500. The molecule has 166 valence electrons. The number of aliphatic hydroxyl groups excluding tert-OH is 1. The van der Waals surface area contributed by atoms with Crippen molar-refractivity contribution in [2.75, 3.05) is 16.8 Å². The zero-order chi connectivity index (χ0) is 22.2. The highest BCUT2D eigenvalue weighted by Gasteiger charge is 2.45. The summed E-state index contributed by atoms with van der Waals surface area (Å²) in [7, 11) is 0. The summed E-state index contributed by atoms with van der Waals surface area (Å²) in [6, 6.07) is 1.86. The van der Waals surface area contributed by atoms with Gasteiger partial charge in [-0.05, 0) is 39.2 Å². The van der Waals surface area contributed by atoms with Crippen LogP contribution in [-0.2, 0) is 6.61 Å². The molecule has 0 saturated carbocycles. The van der Waals surface area contributed by atoms with Gasteiger partial charge >= 0.3 is 6.18 Å². The van der Waals surface area contributed by atoms with Gasteiger partial charge in [0, 0.05) is 24.8 Å². The Kier molecular flexibility index (Phi) is 5.69. The van der Waals surface area contributed by atoms with E-state index in [9.17, 15) is 18.3 Å². The van der Waals surface area contributed by atoms with E-state index in [-0.39, 0.29) is 31.6 Å². The molecule has 1 aliphatic rings. The molecule has 0 bridgehead atoms. The minimum Gasteiger partial charge on any atom is -0.388 e. The smallest absolute Gasteiger partial charge is 0.388 e. The van der Waals surface area contributed by atoms with Gasteiger partial charge < -0.3 is 19.9 Å². The van der Waals surface area contributed by atoms with E-state index in [0.29, 0.717) is 35.8 Å². The third kappa shape index (κ3) is 4.27. The van der Waals surface area contributed by atoms with Gasteiger partial charge in [0.25, 0.3) is 0 Å². The lowest BCUT2D eigenvalue weighted by Crippen LogP contribution is -2.49. The Hall–Kier alpha value is -2.95. The molecule has 1 fully saturated rings. The van der Waals surface area contributed by atoms with Gasteiger partial charge in [-0.1, -0.05) is 0 Å². The number of rotatable bonds is 5. The van der Waals surface area contributed by atoms with Gasteiger partial charge in [0.1, 0.15) is 35.6 Å².